The molecule has 166 valence electrons. The molecule has 32 heavy (non-hydrogen) atoms. The number of aromatic hydroxyl groups is 1. The highest BCUT2D eigenvalue weighted by molar-refractivity contribution is 7.99. The summed E-state index contributed by atoms with van der Waals surface area (Å²) >= 11 is 1.78. The number of aliphatic imine (C=N–C) groups is 1. The number of aromatic nitrogens is 2. The molecule has 2 aromatic carbocycles. The van der Waals surface area contributed by atoms with Gasteiger partial charge in [-0.05, 0) is 31.2 Å². The molecule has 3 aromatic rings. The predicted molar refractivity (Wildman–Crippen MR) is 127 cm³/mol. The Kier molecular flexibility index (Phi) is 5.80. The summed E-state index contributed by atoms with van der Waals surface area (Å²) in [5.74, 6) is 1.09. The van der Waals surface area contributed by atoms with Gasteiger partial charge in [0.05, 0.1) is 11.9 Å². The van der Waals surface area contributed by atoms with Gasteiger partial charge >= 0.3 is 5.69 Å². The fraction of sp³-hybridized carbons (Fsp3) is 0.333. The van der Waals surface area contributed by atoms with E-state index in [1.54, 1.807) is 18.8 Å². The Morgan fingerprint density at radius 1 is 0.969 bits per heavy atom. The molecule has 8 heteroatoms. The van der Waals surface area contributed by atoms with Crippen LogP contribution >= 0.6 is 11.8 Å². The number of para-hydroxylation sites is 1. The average Bonchev–Trinajstić information content (AvgIpc) is 2.97. The summed E-state index contributed by atoms with van der Waals surface area (Å²) in [4.78, 5) is 24.4. The van der Waals surface area contributed by atoms with Crippen LogP contribution in [0.25, 0.3) is 0 Å². The Labute approximate surface area is 191 Å². The van der Waals surface area contributed by atoms with Crippen molar-refractivity contribution in [3.8, 4) is 5.88 Å². The molecule has 0 radical (unpaired) electrons. The van der Waals surface area contributed by atoms with E-state index in [9.17, 15) is 9.90 Å². The minimum atomic E-state index is -0.171. The summed E-state index contributed by atoms with van der Waals surface area (Å²) in [6.45, 7) is 5.15. The number of imidazole rings is 1. The molecule has 0 bridgehead atoms. The second kappa shape index (κ2) is 8.88. The second-order valence-corrected chi connectivity index (χ2v) is 9.30. The first-order chi connectivity index (χ1) is 15.6. The maximum atomic E-state index is 12.0. The van der Waals surface area contributed by atoms with Gasteiger partial charge in [0.1, 0.15) is 5.84 Å². The quantitative estimate of drug-likeness (QED) is 0.663. The molecule has 1 saturated heterocycles. The van der Waals surface area contributed by atoms with Gasteiger partial charge in [0.15, 0.2) is 0 Å². The van der Waals surface area contributed by atoms with Gasteiger partial charge in [-0.25, -0.2) is 9.79 Å². The van der Waals surface area contributed by atoms with Gasteiger partial charge in [-0.15, -0.1) is 0 Å². The first-order valence-electron chi connectivity index (χ1n) is 11.0. The molecule has 0 spiro atoms. The lowest BCUT2D eigenvalue weighted by atomic mass is 10.1. The van der Waals surface area contributed by atoms with E-state index in [0.717, 1.165) is 50.7 Å². The first kappa shape index (κ1) is 20.9. The molecular formula is C24H27N5O2S. The van der Waals surface area contributed by atoms with Gasteiger partial charge in [0.25, 0.3) is 0 Å². The third-order valence-corrected chi connectivity index (χ3v) is 7.23. The lowest BCUT2D eigenvalue weighted by molar-refractivity contribution is 0.178. The van der Waals surface area contributed by atoms with Gasteiger partial charge in [-0.2, -0.15) is 0 Å². The van der Waals surface area contributed by atoms with Crippen molar-refractivity contribution in [2.24, 2.45) is 12.0 Å². The van der Waals surface area contributed by atoms with Crippen molar-refractivity contribution >= 4 is 23.3 Å². The normalized spacial score (nSPS) is 16.3. The van der Waals surface area contributed by atoms with Gasteiger partial charge < -0.3 is 10.0 Å². The maximum absolute atomic E-state index is 12.0. The number of nitrogens with zero attached hydrogens (tertiary/aromatic N) is 5. The van der Waals surface area contributed by atoms with Crippen LogP contribution in [0.3, 0.4) is 0 Å². The van der Waals surface area contributed by atoms with Gasteiger partial charge in [-0.3, -0.25) is 14.0 Å². The van der Waals surface area contributed by atoms with E-state index in [1.165, 1.54) is 30.7 Å². The number of amidine groups is 1. The Morgan fingerprint density at radius 2 is 1.69 bits per heavy atom. The molecule has 0 atom stereocenters. The highest BCUT2D eigenvalue weighted by Crippen LogP contribution is 2.40. The molecule has 0 amide bonds. The van der Waals surface area contributed by atoms with E-state index in [4.69, 9.17) is 4.99 Å². The van der Waals surface area contributed by atoms with E-state index in [-0.39, 0.29) is 11.6 Å². The second-order valence-electron chi connectivity index (χ2n) is 8.22. The zero-order valence-corrected chi connectivity index (χ0v) is 19.0. The summed E-state index contributed by atoms with van der Waals surface area (Å²) in [5.41, 5.74) is 2.05. The van der Waals surface area contributed by atoms with Crippen LogP contribution in [0.4, 0.5) is 5.69 Å². The summed E-state index contributed by atoms with van der Waals surface area (Å²) < 4.78 is 2.85. The highest BCUT2D eigenvalue weighted by Gasteiger charge is 2.25. The van der Waals surface area contributed by atoms with Crippen molar-refractivity contribution < 1.29 is 5.11 Å². The molecule has 0 saturated carbocycles. The highest BCUT2D eigenvalue weighted by atomic mass is 32.2. The number of rotatable bonds is 4. The summed E-state index contributed by atoms with van der Waals surface area (Å²) in [7, 11) is 1.66. The van der Waals surface area contributed by atoms with Crippen LogP contribution in [-0.2, 0) is 13.6 Å². The topological polar surface area (TPSA) is 66.0 Å². The molecular weight excluding hydrogens is 422 g/mol. The standard InChI is InChI=1S/C24H27N5O2S/c1-26-17-22(30)29(24(26)31)12-6-11-27-13-15-28(16-14-27)23-18-7-2-4-9-20(18)32-21-10-5-3-8-19(21)25-23/h2-5,7-10,17,30H,6,11-16H2,1H3. The zero-order chi connectivity index (χ0) is 22.1. The number of hydrogen-bond acceptors (Lipinski definition) is 6. The smallest absolute Gasteiger partial charge is 0.330 e. The number of benzene rings is 2. The molecule has 0 aliphatic carbocycles. The van der Waals surface area contributed by atoms with Crippen LogP contribution in [-0.4, -0.2) is 62.6 Å². The average molecular weight is 450 g/mol. The summed E-state index contributed by atoms with van der Waals surface area (Å²) in [6.07, 6.45) is 2.29. The number of aryl methyl sites for hydroxylation is 1. The van der Waals surface area contributed by atoms with Crippen molar-refractivity contribution in [3.05, 3.63) is 70.8 Å². The monoisotopic (exact) mass is 449 g/mol. The molecule has 1 fully saturated rings. The van der Waals surface area contributed by atoms with Crippen LogP contribution in [0.15, 0.2) is 74.3 Å². The van der Waals surface area contributed by atoms with Crippen molar-refractivity contribution in [1.82, 2.24) is 18.9 Å². The van der Waals surface area contributed by atoms with Crippen molar-refractivity contribution in [2.75, 3.05) is 32.7 Å². The van der Waals surface area contributed by atoms with Gasteiger partial charge in [0.2, 0.25) is 5.88 Å². The lowest BCUT2D eigenvalue weighted by Crippen LogP contribution is -2.49. The Balaban J connectivity index is 1.26. The van der Waals surface area contributed by atoms with Crippen molar-refractivity contribution in [3.63, 3.8) is 0 Å². The molecule has 1 aromatic heterocycles. The van der Waals surface area contributed by atoms with Crippen LogP contribution in [0.1, 0.15) is 12.0 Å². The first-order valence-corrected chi connectivity index (χ1v) is 11.8. The lowest BCUT2D eigenvalue weighted by Gasteiger charge is -2.36. The van der Waals surface area contributed by atoms with Crippen LogP contribution in [0, 0.1) is 0 Å². The third kappa shape index (κ3) is 4.08. The van der Waals surface area contributed by atoms with E-state index in [1.807, 2.05) is 6.07 Å². The molecule has 0 unspecified atom stereocenters. The minimum absolute atomic E-state index is 0.0329. The number of fused-ring (bicyclic) bond motifs is 2. The largest absolute Gasteiger partial charge is 0.493 e. The maximum Gasteiger partial charge on any atom is 0.330 e. The molecule has 7 nitrogen and oxygen atoms in total. The molecule has 5 rings (SSSR count). The molecule has 3 heterocycles. The van der Waals surface area contributed by atoms with Crippen molar-refractivity contribution in [1.29, 1.82) is 0 Å². The zero-order valence-electron chi connectivity index (χ0n) is 18.1. The fourth-order valence-corrected chi connectivity index (χ4v) is 5.36. The molecule has 2 aliphatic heterocycles. The fourth-order valence-electron chi connectivity index (χ4n) is 4.34. The van der Waals surface area contributed by atoms with Crippen molar-refractivity contribution in [2.45, 2.75) is 22.8 Å². The minimum Gasteiger partial charge on any atom is -0.493 e. The van der Waals surface area contributed by atoms with E-state index in [2.05, 4.69) is 52.3 Å². The van der Waals surface area contributed by atoms with E-state index in [0.29, 0.717) is 6.54 Å². The number of hydrogen-bond donors (Lipinski definition) is 1. The van der Waals surface area contributed by atoms with E-state index < -0.39 is 0 Å². The van der Waals surface area contributed by atoms with E-state index >= 15 is 0 Å². The Bertz CT molecular complexity index is 1210. The van der Waals surface area contributed by atoms with Crippen LogP contribution in [0.2, 0.25) is 0 Å². The SMILES string of the molecule is Cn1cc(O)n(CCCN2CCN(C3=Nc4ccccc4Sc4ccccc43)CC2)c1=O. The molecule has 2 aliphatic rings. The van der Waals surface area contributed by atoms with Gasteiger partial charge in [-0.1, -0.05) is 42.1 Å². The summed E-state index contributed by atoms with van der Waals surface area (Å²) in [5, 5.41) is 9.91. The third-order valence-electron chi connectivity index (χ3n) is 6.09. The Morgan fingerprint density at radius 3 is 2.44 bits per heavy atom. The predicted octanol–water partition coefficient (Wildman–Crippen LogP) is 3.14. The van der Waals surface area contributed by atoms with Gasteiger partial charge in [0, 0.05) is 55.1 Å². The number of piperazine rings is 1. The Hall–Kier alpha value is -2.97. The molecule has 1 N–H and O–H groups in total. The van der Waals surface area contributed by atoms with Crippen LogP contribution in [0.5, 0.6) is 5.88 Å². The summed E-state index contributed by atoms with van der Waals surface area (Å²) in [6, 6.07) is 16.9. The van der Waals surface area contributed by atoms with Crippen LogP contribution < -0.4 is 5.69 Å².